The molecule has 0 aliphatic carbocycles. The molecule has 6 heteroatoms. The van der Waals surface area contributed by atoms with E-state index in [2.05, 4.69) is 5.16 Å². The van der Waals surface area contributed by atoms with Gasteiger partial charge in [0, 0.05) is 12.5 Å². The molecule has 3 N–H and O–H groups in total. The lowest BCUT2D eigenvalue weighted by atomic mass is 10.2. The normalized spacial score (nSPS) is 11.5. The SMILES string of the molecule is N/C(CCCCOc1ccc(Cl)c(Cl)c1)=N/O. The Bertz CT molecular complexity index is 397. The van der Waals surface area contributed by atoms with Crippen molar-refractivity contribution in [1.29, 1.82) is 0 Å². The summed E-state index contributed by atoms with van der Waals surface area (Å²) < 4.78 is 5.47. The molecule has 0 amide bonds. The molecule has 0 atom stereocenters. The maximum Gasteiger partial charge on any atom is 0.139 e. The lowest BCUT2D eigenvalue weighted by Crippen LogP contribution is -2.11. The average Bonchev–Trinajstić information content (AvgIpc) is 2.33. The van der Waals surface area contributed by atoms with E-state index >= 15 is 0 Å². The number of rotatable bonds is 6. The van der Waals surface area contributed by atoms with Crippen LogP contribution in [0.3, 0.4) is 0 Å². The average molecular weight is 277 g/mol. The first kappa shape index (κ1) is 13.9. The van der Waals surface area contributed by atoms with Crippen molar-refractivity contribution in [3.05, 3.63) is 28.2 Å². The Kier molecular flexibility index (Phi) is 5.94. The smallest absolute Gasteiger partial charge is 0.139 e. The second kappa shape index (κ2) is 7.25. The predicted molar refractivity (Wildman–Crippen MR) is 69.2 cm³/mol. The molecule has 0 aliphatic heterocycles. The molecule has 0 fully saturated rings. The van der Waals surface area contributed by atoms with Crippen molar-refractivity contribution in [2.75, 3.05) is 6.61 Å². The maximum atomic E-state index is 8.33. The van der Waals surface area contributed by atoms with E-state index in [1.165, 1.54) is 0 Å². The third-order valence-electron chi connectivity index (χ3n) is 2.12. The Morgan fingerprint density at radius 1 is 1.29 bits per heavy atom. The summed E-state index contributed by atoms with van der Waals surface area (Å²) in [5.41, 5.74) is 5.33. The molecule has 4 nitrogen and oxygen atoms in total. The molecule has 1 aromatic rings. The molecule has 0 bridgehead atoms. The van der Waals surface area contributed by atoms with Crippen molar-refractivity contribution in [1.82, 2.24) is 0 Å². The summed E-state index contributed by atoms with van der Waals surface area (Å²) >= 11 is 11.6. The molecule has 0 saturated heterocycles. The quantitative estimate of drug-likeness (QED) is 0.275. The Morgan fingerprint density at radius 3 is 2.71 bits per heavy atom. The fraction of sp³-hybridized carbons (Fsp3) is 0.364. The summed E-state index contributed by atoms with van der Waals surface area (Å²) in [4.78, 5) is 0. The second-order valence-electron chi connectivity index (χ2n) is 3.47. The lowest BCUT2D eigenvalue weighted by Gasteiger charge is -2.06. The van der Waals surface area contributed by atoms with E-state index in [0.29, 0.717) is 28.8 Å². The maximum absolute atomic E-state index is 8.33. The zero-order valence-corrected chi connectivity index (χ0v) is 10.7. The van der Waals surface area contributed by atoms with Crippen LogP contribution in [0.2, 0.25) is 10.0 Å². The molecular formula is C11H14Cl2N2O2. The van der Waals surface area contributed by atoms with Crippen molar-refractivity contribution < 1.29 is 9.94 Å². The highest BCUT2D eigenvalue weighted by Crippen LogP contribution is 2.26. The number of oxime groups is 1. The van der Waals surface area contributed by atoms with E-state index in [-0.39, 0.29) is 5.84 Å². The number of ether oxygens (including phenoxy) is 1. The van der Waals surface area contributed by atoms with E-state index in [9.17, 15) is 0 Å². The van der Waals surface area contributed by atoms with Crippen LogP contribution < -0.4 is 10.5 Å². The topological polar surface area (TPSA) is 67.8 Å². The van der Waals surface area contributed by atoms with E-state index < -0.39 is 0 Å². The Balaban J connectivity index is 2.24. The zero-order valence-electron chi connectivity index (χ0n) is 9.20. The summed E-state index contributed by atoms with van der Waals surface area (Å²) in [6, 6.07) is 5.13. The Morgan fingerprint density at radius 2 is 2.06 bits per heavy atom. The molecule has 1 aromatic carbocycles. The first-order chi connectivity index (χ1) is 8.13. The fourth-order valence-electron chi connectivity index (χ4n) is 1.21. The Labute approximate surface area is 110 Å². The number of hydrogen-bond donors (Lipinski definition) is 2. The van der Waals surface area contributed by atoms with E-state index in [0.717, 1.165) is 12.8 Å². The van der Waals surface area contributed by atoms with Gasteiger partial charge in [0.2, 0.25) is 0 Å². The first-order valence-corrected chi connectivity index (χ1v) is 5.93. The second-order valence-corrected chi connectivity index (χ2v) is 4.29. The van der Waals surface area contributed by atoms with Gasteiger partial charge in [0.1, 0.15) is 11.6 Å². The fourth-order valence-corrected chi connectivity index (χ4v) is 1.50. The summed E-state index contributed by atoms with van der Waals surface area (Å²) in [5, 5.41) is 12.2. The van der Waals surface area contributed by atoms with E-state index in [4.69, 9.17) is 38.9 Å². The molecule has 0 radical (unpaired) electrons. The van der Waals surface area contributed by atoms with Crippen LogP contribution in [-0.2, 0) is 0 Å². The van der Waals surface area contributed by atoms with Crippen molar-refractivity contribution in [2.45, 2.75) is 19.3 Å². The standard InChI is InChI=1S/C11H14Cl2N2O2/c12-9-5-4-8(7-10(9)13)17-6-2-1-3-11(14)15-16/h4-5,7,16H,1-3,6H2,(H2,14,15). The highest BCUT2D eigenvalue weighted by molar-refractivity contribution is 6.42. The first-order valence-electron chi connectivity index (χ1n) is 5.17. The van der Waals surface area contributed by atoms with E-state index in [1.807, 2.05) is 0 Å². The molecule has 94 valence electrons. The van der Waals surface area contributed by atoms with Crippen LogP contribution in [0.25, 0.3) is 0 Å². The van der Waals surface area contributed by atoms with Gasteiger partial charge in [-0.3, -0.25) is 0 Å². The minimum atomic E-state index is 0.236. The number of halogens is 2. The van der Waals surface area contributed by atoms with Gasteiger partial charge in [-0.1, -0.05) is 28.4 Å². The number of nitrogens with two attached hydrogens (primary N) is 1. The van der Waals surface area contributed by atoms with Crippen LogP contribution in [0, 0.1) is 0 Å². The number of nitrogens with zero attached hydrogens (tertiary/aromatic N) is 1. The van der Waals surface area contributed by atoms with Crippen LogP contribution in [0.15, 0.2) is 23.4 Å². The Hall–Kier alpha value is -1.13. The monoisotopic (exact) mass is 276 g/mol. The van der Waals surface area contributed by atoms with Crippen molar-refractivity contribution >= 4 is 29.0 Å². The van der Waals surface area contributed by atoms with Gasteiger partial charge in [0.15, 0.2) is 0 Å². The van der Waals surface area contributed by atoms with Gasteiger partial charge in [-0.2, -0.15) is 0 Å². The molecule has 0 saturated carbocycles. The van der Waals surface area contributed by atoms with Crippen LogP contribution in [0.1, 0.15) is 19.3 Å². The van der Waals surface area contributed by atoms with Gasteiger partial charge in [-0.25, -0.2) is 0 Å². The van der Waals surface area contributed by atoms with Crippen LogP contribution in [0.5, 0.6) is 5.75 Å². The molecule has 0 spiro atoms. The third-order valence-corrected chi connectivity index (χ3v) is 2.85. The molecule has 1 rings (SSSR count). The highest BCUT2D eigenvalue weighted by Gasteiger charge is 2.00. The van der Waals surface area contributed by atoms with Gasteiger partial charge in [0.05, 0.1) is 16.7 Å². The minimum Gasteiger partial charge on any atom is -0.494 e. The molecule has 0 aliphatic rings. The molecule has 0 unspecified atom stereocenters. The molecule has 0 heterocycles. The van der Waals surface area contributed by atoms with Gasteiger partial charge in [0.25, 0.3) is 0 Å². The van der Waals surface area contributed by atoms with Crippen molar-refractivity contribution in [3.63, 3.8) is 0 Å². The van der Waals surface area contributed by atoms with Gasteiger partial charge >= 0.3 is 0 Å². The van der Waals surface area contributed by atoms with Crippen molar-refractivity contribution in [2.24, 2.45) is 10.9 Å². The third kappa shape index (κ3) is 5.15. The highest BCUT2D eigenvalue weighted by atomic mass is 35.5. The summed E-state index contributed by atoms with van der Waals surface area (Å²) in [6.45, 7) is 0.552. The van der Waals surface area contributed by atoms with E-state index in [1.54, 1.807) is 18.2 Å². The summed E-state index contributed by atoms with van der Waals surface area (Å²) in [7, 11) is 0. The zero-order chi connectivity index (χ0) is 12.7. The van der Waals surface area contributed by atoms with Crippen LogP contribution in [0.4, 0.5) is 0 Å². The molecular weight excluding hydrogens is 263 g/mol. The van der Waals surface area contributed by atoms with Crippen molar-refractivity contribution in [3.8, 4) is 5.75 Å². The summed E-state index contributed by atoms with van der Waals surface area (Å²) in [5.74, 6) is 0.919. The van der Waals surface area contributed by atoms with Crippen LogP contribution >= 0.6 is 23.2 Å². The van der Waals surface area contributed by atoms with Gasteiger partial charge in [-0.15, -0.1) is 0 Å². The number of unbranched alkanes of at least 4 members (excludes halogenated alkanes) is 1. The lowest BCUT2D eigenvalue weighted by molar-refractivity contribution is 0.304. The molecule has 0 aromatic heterocycles. The number of hydrogen-bond acceptors (Lipinski definition) is 3. The summed E-state index contributed by atoms with van der Waals surface area (Å²) in [6.07, 6.45) is 2.18. The van der Waals surface area contributed by atoms with Gasteiger partial charge < -0.3 is 15.7 Å². The number of amidine groups is 1. The minimum absolute atomic E-state index is 0.236. The van der Waals surface area contributed by atoms with Gasteiger partial charge in [-0.05, 0) is 25.0 Å². The predicted octanol–water partition coefficient (Wildman–Crippen LogP) is 3.29. The van der Waals surface area contributed by atoms with Crippen LogP contribution in [-0.4, -0.2) is 17.6 Å². The molecule has 17 heavy (non-hydrogen) atoms. The largest absolute Gasteiger partial charge is 0.494 e. The number of benzene rings is 1.